The predicted molar refractivity (Wildman–Crippen MR) is 189 cm³/mol. The molecule has 0 aliphatic carbocycles. The molecule has 0 atom stereocenters. The number of nitriles is 6. The lowest BCUT2D eigenvalue weighted by Crippen LogP contribution is -2.05. The summed E-state index contributed by atoms with van der Waals surface area (Å²) in [4.78, 5) is 0. The summed E-state index contributed by atoms with van der Waals surface area (Å²) in [6.45, 7) is 0. The van der Waals surface area contributed by atoms with Crippen molar-refractivity contribution in [1.82, 2.24) is 9.13 Å². The van der Waals surface area contributed by atoms with E-state index in [9.17, 15) is 31.6 Å². The van der Waals surface area contributed by atoms with Crippen LogP contribution >= 0.6 is 0 Å². The van der Waals surface area contributed by atoms with Crippen molar-refractivity contribution in [2.45, 2.75) is 0 Å². The van der Waals surface area contributed by atoms with Crippen LogP contribution in [0, 0.1) is 68.0 Å². The summed E-state index contributed by atoms with van der Waals surface area (Å²) in [6.07, 6.45) is 0. The summed E-state index contributed by atoms with van der Waals surface area (Å²) in [5, 5.41) is 63.5. The zero-order chi connectivity index (χ0) is 34.5. The standard InChI is InChI=1S/C42H18N8/c43-19-25-2-1-3-31(12-25)42-40(49-36-13-26(20-44)4-8-32(36)33-9-5-27(21-45)14-37(33)49)17-30(24-48)18-41(42)50-38-15-28(22-46)6-10-34(38)35-11-7-29(23-47)16-39(35)50/h1-18H. The number of fused-ring (bicyclic) bond motifs is 6. The van der Waals surface area contributed by atoms with Gasteiger partial charge in [-0.25, -0.2) is 0 Å². The molecule has 0 aliphatic heterocycles. The van der Waals surface area contributed by atoms with Crippen molar-refractivity contribution in [2.24, 2.45) is 0 Å². The van der Waals surface area contributed by atoms with Crippen molar-refractivity contribution in [3.05, 3.63) is 143 Å². The van der Waals surface area contributed by atoms with Gasteiger partial charge in [0.1, 0.15) is 0 Å². The molecule has 2 aromatic heterocycles. The number of aromatic nitrogens is 2. The first-order chi connectivity index (χ1) is 24.5. The van der Waals surface area contributed by atoms with Crippen LogP contribution in [0.2, 0.25) is 0 Å². The van der Waals surface area contributed by atoms with Crippen LogP contribution in [0.15, 0.2) is 109 Å². The molecular weight excluding hydrogens is 617 g/mol. The molecule has 50 heavy (non-hydrogen) atoms. The third-order valence-corrected chi connectivity index (χ3v) is 9.04. The van der Waals surface area contributed by atoms with Gasteiger partial charge in [0.2, 0.25) is 0 Å². The van der Waals surface area contributed by atoms with E-state index in [1.54, 1.807) is 78.9 Å². The Kier molecular flexibility index (Phi) is 6.60. The Labute approximate surface area is 285 Å². The van der Waals surface area contributed by atoms with Crippen LogP contribution in [-0.4, -0.2) is 9.13 Å². The highest BCUT2D eigenvalue weighted by molar-refractivity contribution is 6.12. The highest BCUT2D eigenvalue weighted by atomic mass is 15.0. The predicted octanol–water partition coefficient (Wildman–Crippen LogP) is 8.78. The lowest BCUT2D eigenvalue weighted by atomic mass is 9.96. The maximum absolute atomic E-state index is 10.5. The normalized spacial score (nSPS) is 10.7. The monoisotopic (exact) mass is 634 g/mol. The summed E-state index contributed by atoms with van der Waals surface area (Å²) in [5.41, 5.74) is 7.69. The van der Waals surface area contributed by atoms with Crippen LogP contribution in [0.3, 0.4) is 0 Å². The second kappa shape index (κ2) is 11.3. The van der Waals surface area contributed by atoms with E-state index in [-0.39, 0.29) is 0 Å². The minimum absolute atomic E-state index is 0.320. The van der Waals surface area contributed by atoms with E-state index in [1.807, 2.05) is 39.5 Å². The molecule has 8 nitrogen and oxygen atoms in total. The number of benzene rings is 6. The minimum Gasteiger partial charge on any atom is -0.308 e. The van der Waals surface area contributed by atoms with E-state index < -0.39 is 0 Å². The fraction of sp³-hybridized carbons (Fsp3) is 0. The molecule has 226 valence electrons. The van der Waals surface area contributed by atoms with Gasteiger partial charge in [-0.2, -0.15) is 31.6 Å². The van der Waals surface area contributed by atoms with Gasteiger partial charge in [-0.3, -0.25) is 0 Å². The zero-order valence-corrected chi connectivity index (χ0v) is 26.0. The van der Waals surface area contributed by atoms with Crippen molar-refractivity contribution in [2.75, 3.05) is 0 Å². The molecule has 0 radical (unpaired) electrons. The number of rotatable bonds is 3. The molecule has 6 aromatic carbocycles. The third-order valence-electron chi connectivity index (χ3n) is 9.04. The first kappa shape index (κ1) is 29.3. The van der Waals surface area contributed by atoms with Gasteiger partial charge in [0.05, 0.1) is 103 Å². The molecular formula is C42H18N8. The van der Waals surface area contributed by atoms with Gasteiger partial charge in [0, 0.05) is 27.1 Å². The maximum atomic E-state index is 10.5. The fourth-order valence-corrected chi connectivity index (χ4v) is 6.90. The zero-order valence-electron chi connectivity index (χ0n) is 26.0. The number of hydrogen-bond acceptors (Lipinski definition) is 6. The van der Waals surface area contributed by atoms with Crippen LogP contribution in [-0.2, 0) is 0 Å². The Hall–Kier alpha value is -8.14. The minimum atomic E-state index is 0.320. The molecule has 0 bridgehead atoms. The summed E-state index contributed by atoms with van der Waals surface area (Å²) in [6, 6.07) is 45.8. The molecule has 0 saturated carbocycles. The Morgan fingerprint density at radius 2 is 0.680 bits per heavy atom. The molecule has 0 saturated heterocycles. The molecule has 8 aromatic rings. The van der Waals surface area contributed by atoms with Crippen LogP contribution in [0.1, 0.15) is 33.4 Å². The largest absolute Gasteiger partial charge is 0.308 e. The Morgan fingerprint density at radius 1 is 0.340 bits per heavy atom. The van der Waals surface area contributed by atoms with E-state index in [0.29, 0.717) is 77.9 Å². The average molecular weight is 635 g/mol. The molecule has 8 rings (SSSR count). The quantitative estimate of drug-likeness (QED) is 0.189. The Bertz CT molecular complexity index is 2750. The highest BCUT2D eigenvalue weighted by Gasteiger charge is 2.24. The topological polar surface area (TPSA) is 153 Å². The lowest BCUT2D eigenvalue weighted by molar-refractivity contribution is 1.13. The molecule has 0 aliphatic rings. The summed E-state index contributed by atoms with van der Waals surface area (Å²) in [5.74, 6) is 0. The van der Waals surface area contributed by atoms with Crippen molar-refractivity contribution in [1.29, 1.82) is 31.6 Å². The third kappa shape index (κ3) is 4.33. The van der Waals surface area contributed by atoms with E-state index in [2.05, 4.69) is 36.4 Å². The molecule has 0 spiro atoms. The number of nitrogens with zero attached hydrogens (tertiary/aromatic N) is 8. The number of hydrogen-bond donors (Lipinski definition) is 0. The van der Waals surface area contributed by atoms with Crippen molar-refractivity contribution >= 4 is 43.6 Å². The van der Waals surface area contributed by atoms with Gasteiger partial charge in [0.25, 0.3) is 0 Å². The second-order valence-electron chi connectivity index (χ2n) is 11.7. The SMILES string of the molecule is N#Cc1cccc(-c2c(-n3c4cc(C#N)ccc4c4ccc(C#N)cc43)cc(C#N)cc2-n2c3cc(C#N)ccc3c3ccc(C#N)cc32)c1. The maximum Gasteiger partial charge on any atom is 0.0993 e. The Balaban J connectivity index is 1.65. The molecule has 0 unspecified atom stereocenters. The molecule has 0 N–H and O–H groups in total. The molecule has 2 heterocycles. The van der Waals surface area contributed by atoms with Crippen LogP contribution in [0.25, 0.3) is 66.1 Å². The first-order valence-electron chi connectivity index (χ1n) is 15.4. The van der Waals surface area contributed by atoms with Crippen molar-refractivity contribution in [3.63, 3.8) is 0 Å². The summed E-state index contributed by atoms with van der Waals surface area (Å²) < 4.78 is 3.92. The van der Waals surface area contributed by atoms with Crippen LogP contribution < -0.4 is 0 Å². The van der Waals surface area contributed by atoms with Gasteiger partial charge >= 0.3 is 0 Å². The van der Waals surface area contributed by atoms with Gasteiger partial charge in [-0.15, -0.1) is 0 Å². The van der Waals surface area contributed by atoms with Crippen LogP contribution in [0.4, 0.5) is 0 Å². The average Bonchev–Trinajstić information content (AvgIpc) is 3.67. The van der Waals surface area contributed by atoms with Gasteiger partial charge < -0.3 is 9.13 Å². The van der Waals surface area contributed by atoms with Crippen molar-refractivity contribution in [3.8, 4) is 58.9 Å². The van der Waals surface area contributed by atoms with Crippen LogP contribution in [0.5, 0.6) is 0 Å². The van der Waals surface area contributed by atoms with E-state index in [1.165, 1.54) is 0 Å². The molecule has 8 heteroatoms. The molecule has 0 fully saturated rings. The van der Waals surface area contributed by atoms with Gasteiger partial charge in [0.15, 0.2) is 0 Å². The van der Waals surface area contributed by atoms with Gasteiger partial charge in [-0.05, 0) is 78.4 Å². The lowest BCUT2D eigenvalue weighted by Gasteiger charge is -2.21. The highest BCUT2D eigenvalue weighted by Crippen LogP contribution is 2.43. The van der Waals surface area contributed by atoms with E-state index in [0.717, 1.165) is 21.5 Å². The smallest absolute Gasteiger partial charge is 0.0993 e. The first-order valence-corrected chi connectivity index (χ1v) is 15.4. The van der Waals surface area contributed by atoms with E-state index in [4.69, 9.17) is 0 Å². The van der Waals surface area contributed by atoms with Gasteiger partial charge in [-0.1, -0.05) is 36.4 Å². The molecule has 0 amide bonds. The fourth-order valence-electron chi connectivity index (χ4n) is 6.90. The second-order valence-corrected chi connectivity index (χ2v) is 11.7. The summed E-state index contributed by atoms with van der Waals surface area (Å²) in [7, 11) is 0. The Morgan fingerprint density at radius 3 is 1.02 bits per heavy atom. The van der Waals surface area contributed by atoms with E-state index >= 15 is 0 Å². The van der Waals surface area contributed by atoms with Crippen molar-refractivity contribution < 1.29 is 0 Å². The summed E-state index contributed by atoms with van der Waals surface area (Å²) >= 11 is 0.